The molecule has 11 nitrogen and oxygen atoms in total. The molecular formula is C25H21BrIN7O4S. The second-order valence-electron chi connectivity index (χ2n) is 8.08. The van der Waals surface area contributed by atoms with Gasteiger partial charge in [0.05, 0.1) is 23.4 Å². The van der Waals surface area contributed by atoms with E-state index in [1.807, 2.05) is 54.0 Å². The van der Waals surface area contributed by atoms with Gasteiger partial charge in [-0.05, 0) is 71.5 Å². The fourth-order valence-electron chi connectivity index (χ4n) is 3.52. The molecule has 0 saturated heterocycles. The molecule has 4 aromatic rings. The van der Waals surface area contributed by atoms with Crippen LogP contribution in [0.1, 0.15) is 17.0 Å². The topological polar surface area (TPSA) is 148 Å². The molecule has 1 aromatic heterocycles. The number of thioether (sulfide) groups is 1. The Labute approximate surface area is 249 Å². The van der Waals surface area contributed by atoms with Crippen molar-refractivity contribution in [3.63, 3.8) is 0 Å². The second-order valence-corrected chi connectivity index (χ2v) is 11.2. The number of phenols is 1. The lowest BCUT2D eigenvalue weighted by molar-refractivity contribution is -0.385. The molecule has 3 N–H and O–H groups in total. The summed E-state index contributed by atoms with van der Waals surface area (Å²) >= 11 is 6.62. The van der Waals surface area contributed by atoms with Crippen LogP contribution in [0.4, 0.5) is 11.4 Å². The second kappa shape index (κ2) is 13.0. The molecule has 0 spiro atoms. The zero-order chi connectivity index (χ0) is 27.9. The highest BCUT2D eigenvalue weighted by Gasteiger charge is 2.18. The van der Waals surface area contributed by atoms with E-state index in [2.05, 4.69) is 70.6 Å². The number of halogens is 2. The number of benzene rings is 3. The number of carbonyl (C=O) groups excluding carboxylic acids is 1. The maximum absolute atomic E-state index is 12.5. The van der Waals surface area contributed by atoms with Crippen LogP contribution in [0.5, 0.6) is 5.75 Å². The molecule has 0 bridgehead atoms. The molecule has 1 heterocycles. The Bertz CT molecular complexity index is 1550. The van der Waals surface area contributed by atoms with Gasteiger partial charge >= 0.3 is 5.69 Å². The predicted octanol–water partition coefficient (Wildman–Crippen LogP) is 5.41. The van der Waals surface area contributed by atoms with E-state index in [-0.39, 0.29) is 11.3 Å². The molecule has 0 atom stereocenters. The molecule has 14 heteroatoms. The Morgan fingerprint density at radius 3 is 2.72 bits per heavy atom. The summed E-state index contributed by atoms with van der Waals surface area (Å²) in [6, 6.07) is 18.4. The van der Waals surface area contributed by atoms with Crippen molar-refractivity contribution in [2.45, 2.75) is 18.6 Å². The van der Waals surface area contributed by atoms with E-state index in [9.17, 15) is 20.0 Å². The molecule has 200 valence electrons. The first-order valence-corrected chi connectivity index (χ1v) is 14.2. The average molecular weight is 722 g/mol. The first-order chi connectivity index (χ1) is 18.7. The number of nitro benzene ring substituents is 1. The van der Waals surface area contributed by atoms with Crippen molar-refractivity contribution in [1.82, 2.24) is 20.2 Å². The van der Waals surface area contributed by atoms with Crippen molar-refractivity contribution in [3.05, 3.63) is 95.8 Å². The molecule has 0 radical (unpaired) electrons. The van der Waals surface area contributed by atoms with Gasteiger partial charge in [0.25, 0.3) is 5.91 Å². The third-order valence-corrected chi connectivity index (χ3v) is 7.40. The van der Waals surface area contributed by atoms with Crippen LogP contribution in [0.25, 0.3) is 5.69 Å². The Hall–Kier alpha value is -3.50. The van der Waals surface area contributed by atoms with Crippen molar-refractivity contribution < 1.29 is 14.8 Å². The molecule has 4 rings (SSSR count). The highest BCUT2D eigenvalue weighted by atomic mass is 127. The van der Waals surface area contributed by atoms with E-state index in [0.717, 1.165) is 26.7 Å². The summed E-state index contributed by atoms with van der Waals surface area (Å²) in [5.74, 6) is -0.326. The van der Waals surface area contributed by atoms with Crippen molar-refractivity contribution in [3.8, 4) is 11.4 Å². The van der Waals surface area contributed by atoms with Gasteiger partial charge in [0.1, 0.15) is 0 Å². The lowest BCUT2D eigenvalue weighted by Gasteiger charge is -2.12. The molecule has 0 aliphatic heterocycles. The number of hydrazone groups is 1. The molecule has 0 aliphatic rings. The summed E-state index contributed by atoms with van der Waals surface area (Å²) in [7, 11) is 0. The number of aromatic nitrogens is 3. The molecule has 3 aromatic carbocycles. The summed E-state index contributed by atoms with van der Waals surface area (Å²) in [6.45, 7) is 2.46. The van der Waals surface area contributed by atoms with Crippen LogP contribution in [0, 0.1) is 20.6 Å². The number of aryl methyl sites for hydroxylation is 1. The zero-order valence-electron chi connectivity index (χ0n) is 20.3. The Balaban J connectivity index is 1.45. The minimum Gasteiger partial charge on any atom is -0.502 e. The standard InChI is InChI=1S/C25H21BrIN7O4S/c1-15-9-18(27)7-8-20(15)28-13-22-30-32-25(33(22)19-5-3-2-4-6-19)39-14-23(35)31-29-12-16-10-17(26)11-21(24(16)36)34(37)38/h2-12,28,36H,13-14H2,1H3,(H,31,35)/b29-12+. The number of nitrogens with one attached hydrogen (secondary N) is 2. The van der Waals surface area contributed by atoms with E-state index >= 15 is 0 Å². The maximum atomic E-state index is 12.5. The van der Waals surface area contributed by atoms with Gasteiger partial charge in [-0.15, -0.1) is 10.2 Å². The van der Waals surface area contributed by atoms with Gasteiger partial charge in [-0.2, -0.15) is 5.10 Å². The zero-order valence-corrected chi connectivity index (χ0v) is 24.9. The van der Waals surface area contributed by atoms with E-state index in [1.165, 1.54) is 23.9 Å². The molecule has 39 heavy (non-hydrogen) atoms. The summed E-state index contributed by atoms with van der Waals surface area (Å²) in [5.41, 5.74) is 4.92. The smallest absolute Gasteiger partial charge is 0.312 e. The monoisotopic (exact) mass is 721 g/mol. The number of amides is 1. The Morgan fingerprint density at radius 1 is 1.23 bits per heavy atom. The summed E-state index contributed by atoms with van der Waals surface area (Å²) in [6.07, 6.45) is 1.14. The van der Waals surface area contributed by atoms with Crippen LogP contribution in [0.15, 0.2) is 75.4 Å². The number of carbonyl (C=O) groups is 1. The number of hydrogen-bond acceptors (Lipinski definition) is 9. The number of para-hydroxylation sites is 1. The van der Waals surface area contributed by atoms with E-state index in [0.29, 0.717) is 22.0 Å². The average Bonchev–Trinajstić information content (AvgIpc) is 3.31. The third-order valence-electron chi connectivity index (χ3n) is 5.35. The number of aromatic hydroxyl groups is 1. The summed E-state index contributed by atoms with van der Waals surface area (Å²) < 4.78 is 3.42. The fraction of sp³-hybridized carbons (Fsp3) is 0.120. The van der Waals surface area contributed by atoms with Gasteiger partial charge in [0, 0.05) is 31.0 Å². The fourth-order valence-corrected chi connectivity index (χ4v) is 5.40. The first-order valence-electron chi connectivity index (χ1n) is 11.3. The van der Waals surface area contributed by atoms with Gasteiger partial charge in [0.15, 0.2) is 11.0 Å². The minimum absolute atomic E-state index is 0.0173. The lowest BCUT2D eigenvalue weighted by Crippen LogP contribution is -2.20. The third kappa shape index (κ3) is 7.33. The van der Waals surface area contributed by atoms with Crippen LogP contribution in [-0.4, -0.2) is 42.7 Å². The molecule has 1 amide bonds. The van der Waals surface area contributed by atoms with Crippen LogP contribution in [-0.2, 0) is 11.3 Å². The molecule has 0 unspecified atom stereocenters. The number of anilines is 1. The maximum Gasteiger partial charge on any atom is 0.312 e. The number of hydrogen-bond donors (Lipinski definition) is 3. The van der Waals surface area contributed by atoms with Crippen LogP contribution in [0.3, 0.4) is 0 Å². The largest absolute Gasteiger partial charge is 0.502 e. The molecule has 0 fully saturated rings. The number of nitro groups is 1. The van der Waals surface area contributed by atoms with Crippen molar-refractivity contribution >= 4 is 73.8 Å². The molecule has 0 saturated carbocycles. The van der Waals surface area contributed by atoms with Crippen molar-refractivity contribution in [2.24, 2.45) is 5.10 Å². The Morgan fingerprint density at radius 2 is 2.00 bits per heavy atom. The number of rotatable bonds is 10. The van der Waals surface area contributed by atoms with E-state index in [4.69, 9.17) is 0 Å². The highest BCUT2D eigenvalue weighted by molar-refractivity contribution is 14.1. The van der Waals surface area contributed by atoms with E-state index < -0.39 is 22.3 Å². The molecular weight excluding hydrogens is 701 g/mol. The van der Waals surface area contributed by atoms with Crippen molar-refractivity contribution in [2.75, 3.05) is 11.1 Å². The van der Waals surface area contributed by atoms with E-state index in [1.54, 1.807) is 0 Å². The quantitative estimate of drug-likeness (QED) is 0.0648. The van der Waals surface area contributed by atoms with Gasteiger partial charge in [-0.1, -0.05) is 45.9 Å². The minimum atomic E-state index is -0.707. The Kier molecular flexibility index (Phi) is 9.53. The number of nitrogens with zero attached hydrogens (tertiary/aromatic N) is 5. The molecule has 0 aliphatic carbocycles. The van der Waals surface area contributed by atoms with Gasteiger partial charge < -0.3 is 10.4 Å². The van der Waals surface area contributed by atoms with Gasteiger partial charge in [0.2, 0.25) is 5.75 Å². The van der Waals surface area contributed by atoms with Gasteiger partial charge in [-0.25, -0.2) is 5.43 Å². The SMILES string of the molecule is Cc1cc(I)ccc1NCc1nnc(SCC(=O)N/N=C/c2cc(Br)cc([N+](=O)[O-])c2O)n1-c1ccccc1. The highest BCUT2D eigenvalue weighted by Crippen LogP contribution is 2.32. The number of phenolic OH excluding ortho intramolecular Hbond substituents is 1. The van der Waals surface area contributed by atoms with Gasteiger partial charge in [-0.3, -0.25) is 19.5 Å². The summed E-state index contributed by atoms with van der Waals surface area (Å²) in [4.78, 5) is 22.9. The first kappa shape index (κ1) is 28.5. The van der Waals surface area contributed by atoms with Crippen LogP contribution >= 0.6 is 50.3 Å². The summed E-state index contributed by atoms with van der Waals surface area (Å²) in [5, 5.41) is 37.6. The van der Waals surface area contributed by atoms with Crippen LogP contribution in [0.2, 0.25) is 0 Å². The van der Waals surface area contributed by atoms with Crippen molar-refractivity contribution in [1.29, 1.82) is 0 Å². The lowest BCUT2D eigenvalue weighted by atomic mass is 10.2. The van der Waals surface area contributed by atoms with Crippen LogP contribution < -0.4 is 10.7 Å². The normalized spacial score (nSPS) is 11.1. The predicted molar refractivity (Wildman–Crippen MR) is 162 cm³/mol.